The first-order valence-electron chi connectivity index (χ1n) is 9.72. The van der Waals surface area contributed by atoms with Crippen LogP contribution in [0.5, 0.6) is 11.5 Å². The highest BCUT2D eigenvalue weighted by atomic mass is 32.1. The van der Waals surface area contributed by atoms with Crippen LogP contribution in [0.3, 0.4) is 0 Å². The van der Waals surface area contributed by atoms with E-state index in [4.69, 9.17) is 14.2 Å². The summed E-state index contributed by atoms with van der Waals surface area (Å²) in [6.45, 7) is 5.08. The summed E-state index contributed by atoms with van der Waals surface area (Å²) in [5.41, 5.74) is 2.00. The van der Waals surface area contributed by atoms with Gasteiger partial charge in [-0.15, -0.1) is 11.3 Å². The second-order valence-electron chi connectivity index (χ2n) is 6.77. The molecule has 3 rings (SSSR count). The van der Waals surface area contributed by atoms with Crippen LogP contribution < -0.4 is 20.3 Å². The van der Waals surface area contributed by atoms with Crippen LogP contribution in [0.15, 0.2) is 35.3 Å². The molecule has 0 aliphatic rings. The Hall–Kier alpha value is -2.35. The maximum absolute atomic E-state index is 12.7. The monoisotopic (exact) mass is 416 g/mol. The summed E-state index contributed by atoms with van der Waals surface area (Å²) in [7, 11) is 5.03. The number of thiophene rings is 1. The lowest BCUT2D eigenvalue weighted by molar-refractivity contribution is 0.136. The van der Waals surface area contributed by atoms with E-state index in [9.17, 15) is 4.79 Å². The van der Waals surface area contributed by atoms with Gasteiger partial charge in [-0.2, -0.15) is 0 Å². The number of ether oxygens (including phenoxy) is 3. The Balaban J connectivity index is 1.91. The van der Waals surface area contributed by atoms with Crippen LogP contribution in [0.2, 0.25) is 0 Å². The minimum Gasteiger partial charge on any atom is -0.493 e. The molecule has 1 N–H and O–H groups in total. The number of rotatable bonds is 10. The maximum Gasteiger partial charge on any atom is 0.259 e. The van der Waals surface area contributed by atoms with E-state index in [0.29, 0.717) is 24.7 Å². The molecule has 29 heavy (non-hydrogen) atoms. The van der Waals surface area contributed by atoms with Gasteiger partial charge in [-0.05, 0) is 30.2 Å². The Morgan fingerprint density at radius 1 is 1.10 bits per heavy atom. The standard InChI is InChI=1S/C22H28N2O4S/c1-5-9-28-10-8-23-13-16-12-17-21(29-16)18(14-24(2)22(17)25)15-6-7-19(26-3)20(11-15)27-4/h6-7,11-12,14,23H,5,8-10,13H2,1-4H3. The summed E-state index contributed by atoms with van der Waals surface area (Å²) >= 11 is 1.64. The lowest BCUT2D eigenvalue weighted by Gasteiger charge is -2.11. The predicted molar refractivity (Wildman–Crippen MR) is 118 cm³/mol. The number of aromatic nitrogens is 1. The lowest BCUT2D eigenvalue weighted by atomic mass is 10.1. The fraction of sp³-hybridized carbons (Fsp3) is 0.409. The second-order valence-corrected chi connectivity index (χ2v) is 7.91. The van der Waals surface area contributed by atoms with Gasteiger partial charge in [0.1, 0.15) is 0 Å². The van der Waals surface area contributed by atoms with E-state index in [1.165, 1.54) is 0 Å². The van der Waals surface area contributed by atoms with Gasteiger partial charge < -0.3 is 24.1 Å². The number of benzene rings is 1. The number of hydrogen-bond donors (Lipinski definition) is 1. The quantitative estimate of drug-likeness (QED) is 0.510. The van der Waals surface area contributed by atoms with E-state index < -0.39 is 0 Å². The van der Waals surface area contributed by atoms with Crippen LogP contribution in [-0.2, 0) is 18.3 Å². The second kappa shape index (κ2) is 9.91. The van der Waals surface area contributed by atoms with E-state index >= 15 is 0 Å². The van der Waals surface area contributed by atoms with Gasteiger partial charge in [0.25, 0.3) is 5.56 Å². The van der Waals surface area contributed by atoms with Crippen LogP contribution in [0, 0.1) is 0 Å². The molecule has 0 fully saturated rings. The Labute approximate surface area is 175 Å². The maximum atomic E-state index is 12.7. The molecule has 0 radical (unpaired) electrons. The molecule has 0 spiro atoms. The predicted octanol–water partition coefficient (Wildman–Crippen LogP) is 3.80. The van der Waals surface area contributed by atoms with Crippen molar-refractivity contribution in [1.29, 1.82) is 0 Å². The molecule has 0 saturated carbocycles. The average Bonchev–Trinajstić information content (AvgIpc) is 3.17. The SMILES string of the molecule is CCCOCCNCc1cc2c(=O)n(C)cc(-c3ccc(OC)c(OC)c3)c2s1. The van der Waals surface area contributed by atoms with Gasteiger partial charge in [0.05, 0.1) is 26.2 Å². The third-order valence-electron chi connectivity index (χ3n) is 4.67. The van der Waals surface area contributed by atoms with Gasteiger partial charge in [0, 0.05) is 48.1 Å². The highest BCUT2D eigenvalue weighted by molar-refractivity contribution is 7.19. The topological polar surface area (TPSA) is 61.7 Å². The Morgan fingerprint density at radius 3 is 2.62 bits per heavy atom. The molecular formula is C22H28N2O4S. The first-order valence-corrected chi connectivity index (χ1v) is 10.5. The Kier molecular flexibility index (Phi) is 7.30. The zero-order valence-corrected chi connectivity index (χ0v) is 18.2. The van der Waals surface area contributed by atoms with Gasteiger partial charge in [-0.25, -0.2) is 0 Å². The zero-order chi connectivity index (χ0) is 20.8. The molecule has 3 aromatic rings. The Morgan fingerprint density at radius 2 is 1.90 bits per heavy atom. The first kappa shape index (κ1) is 21.4. The third kappa shape index (κ3) is 4.80. The molecule has 0 aliphatic heterocycles. The molecule has 2 aromatic heterocycles. The fourth-order valence-corrected chi connectivity index (χ4v) is 4.35. The van der Waals surface area contributed by atoms with E-state index in [0.717, 1.165) is 45.7 Å². The van der Waals surface area contributed by atoms with Gasteiger partial charge in [-0.3, -0.25) is 4.79 Å². The minimum absolute atomic E-state index is 0.0120. The van der Waals surface area contributed by atoms with Gasteiger partial charge in [0.2, 0.25) is 0 Å². The number of pyridine rings is 1. The van der Waals surface area contributed by atoms with Gasteiger partial charge in [0.15, 0.2) is 11.5 Å². The summed E-state index contributed by atoms with van der Waals surface area (Å²) in [6, 6.07) is 7.81. The molecule has 2 heterocycles. The first-order chi connectivity index (χ1) is 14.1. The average molecular weight is 417 g/mol. The van der Waals surface area contributed by atoms with E-state index in [-0.39, 0.29) is 5.56 Å². The van der Waals surface area contributed by atoms with Crippen LogP contribution in [0.1, 0.15) is 18.2 Å². The minimum atomic E-state index is 0.0120. The molecular weight excluding hydrogens is 388 g/mol. The molecule has 156 valence electrons. The lowest BCUT2D eigenvalue weighted by Crippen LogP contribution is -2.19. The van der Waals surface area contributed by atoms with Gasteiger partial charge in [-0.1, -0.05) is 13.0 Å². The molecule has 0 amide bonds. The molecule has 0 unspecified atom stereocenters. The van der Waals surface area contributed by atoms with Crippen molar-refractivity contribution in [2.45, 2.75) is 19.9 Å². The van der Waals surface area contributed by atoms with Crippen LogP contribution in [-0.4, -0.2) is 38.5 Å². The summed E-state index contributed by atoms with van der Waals surface area (Å²) in [4.78, 5) is 13.8. The van der Waals surface area contributed by atoms with Crippen molar-refractivity contribution < 1.29 is 14.2 Å². The van der Waals surface area contributed by atoms with E-state index in [1.54, 1.807) is 37.2 Å². The van der Waals surface area contributed by atoms with E-state index in [1.807, 2.05) is 30.5 Å². The fourth-order valence-electron chi connectivity index (χ4n) is 3.20. The van der Waals surface area contributed by atoms with Crippen LogP contribution >= 0.6 is 11.3 Å². The highest BCUT2D eigenvalue weighted by Crippen LogP contribution is 2.37. The summed E-state index contributed by atoms with van der Waals surface area (Å²) < 4.78 is 18.9. The summed E-state index contributed by atoms with van der Waals surface area (Å²) in [5.74, 6) is 1.34. The zero-order valence-electron chi connectivity index (χ0n) is 17.4. The van der Waals surface area contributed by atoms with Crippen molar-refractivity contribution in [3.05, 3.63) is 45.7 Å². The largest absolute Gasteiger partial charge is 0.493 e. The van der Waals surface area contributed by atoms with Crippen LogP contribution in [0.25, 0.3) is 21.2 Å². The highest BCUT2D eigenvalue weighted by Gasteiger charge is 2.15. The van der Waals surface area contributed by atoms with Crippen molar-refractivity contribution >= 4 is 21.4 Å². The number of aryl methyl sites for hydroxylation is 1. The van der Waals surface area contributed by atoms with Crippen LogP contribution in [0.4, 0.5) is 0 Å². The van der Waals surface area contributed by atoms with Crippen molar-refractivity contribution in [2.75, 3.05) is 34.0 Å². The molecule has 7 heteroatoms. The van der Waals surface area contributed by atoms with Crippen molar-refractivity contribution in [2.24, 2.45) is 7.05 Å². The smallest absolute Gasteiger partial charge is 0.259 e. The molecule has 0 atom stereocenters. The molecule has 6 nitrogen and oxygen atoms in total. The summed E-state index contributed by atoms with van der Waals surface area (Å²) in [5, 5.41) is 4.13. The molecule has 0 aliphatic carbocycles. The number of nitrogens with zero attached hydrogens (tertiary/aromatic N) is 1. The van der Waals surface area contributed by atoms with Gasteiger partial charge >= 0.3 is 0 Å². The van der Waals surface area contributed by atoms with Crippen molar-refractivity contribution in [3.63, 3.8) is 0 Å². The normalized spacial score (nSPS) is 11.2. The van der Waals surface area contributed by atoms with Crippen molar-refractivity contribution in [3.8, 4) is 22.6 Å². The van der Waals surface area contributed by atoms with Crippen molar-refractivity contribution in [1.82, 2.24) is 9.88 Å². The number of methoxy groups -OCH3 is 2. The van der Waals surface area contributed by atoms with E-state index in [2.05, 4.69) is 12.2 Å². The number of hydrogen-bond acceptors (Lipinski definition) is 6. The molecule has 0 saturated heterocycles. The third-order valence-corrected chi connectivity index (χ3v) is 5.83. The molecule has 0 bridgehead atoms. The molecule has 1 aromatic carbocycles. The number of fused-ring (bicyclic) bond motifs is 1. The number of nitrogens with one attached hydrogen (secondary N) is 1. The Bertz CT molecular complexity index is 1030. The summed E-state index contributed by atoms with van der Waals surface area (Å²) in [6.07, 6.45) is 2.91.